The normalized spacial score (nSPS) is 17.5. The molecule has 1 aromatic carbocycles. The van der Waals surface area contributed by atoms with Crippen molar-refractivity contribution < 1.29 is 0 Å². The first-order valence-electron chi connectivity index (χ1n) is 7.77. The van der Waals surface area contributed by atoms with Crippen molar-refractivity contribution in [3.8, 4) is 0 Å². The van der Waals surface area contributed by atoms with E-state index in [1.807, 2.05) is 54.6 Å². The molecule has 0 saturated carbocycles. The van der Waals surface area contributed by atoms with Crippen LogP contribution in [0.15, 0.2) is 87.1 Å². The van der Waals surface area contributed by atoms with Crippen LogP contribution in [0.2, 0.25) is 0 Å². The Hall–Kier alpha value is -2.53. The second-order valence-electron chi connectivity index (χ2n) is 5.46. The van der Waals surface area contributed by atoms with Gasteiger partial charge in [-0.15, -0.1) is 0 Å². The maximum atomic E-state index is 4.69. The Balaban J connectivity index is 1.93. The van der Waals surface area contributed by atoms with Crippen LogP contribution < -0.4 is 0 Å². The number of hydrogen-bond donors (Lipinski definition) is 0. The minimum absolute atomic E-state index is 0.220. The van der Waals surface area contributed by atoms with E-state index in [9.17, 15) is 0 Å². The number of aliphatic imine (C=N–C) groups is 2. The van der Waals surface area contributed by atoms with E-state index in [0.717, 1.165) is 22.0 Å². The second kappa shape index (κ2) is 7.84. The Morgan fingerprint density at radius 3 is 2.42 bits per heavy atom. The summed E-state index contributed by atoms with van der Waals surface area (Å²) < 4.78 is 0. The third kappa shape index (κ3) is 4.49. The Morgan fingerprint density at radius 2 is 1.71 bits per heavy atom. The summed E-state index contributed by atoms with van der Waals surface area (Å²) in [6.07, 6.45) is 9.52. The first-order valence-corrected chi connectivity index (χ1v) is 8.59. The van der Waals surface area contributed by atoms with Gasteiger partial charge in [0.1, 0.15) is 0 Å². The van der Waals surface area contributed by atoms with Gasteiger partial charge in [0.05, 0.1) is 17.1 Å². The van der Waals surface area contributed by atoms with E-state index in [2.05, 4.69) is 33.8 Å². The molecule has 2 aromatic rings. The van der Waals surface area contributed by atoms with E-state index < -0.39 is 0 Å². The predicted molar refractivity (Wildman–Crippen MR) is 101 cm³/mol. The molecule has 5 heteroatoms. The molecule has 0 saturated heterocycles. The summed E-state index contributed by atoms with van der Waals surface area (Å²) in [5.41, 5.74) is 2.76. The van der Waals surface area contributed by atoms with Crippen molar-refractivity contribution in [2.24, 2.45) is 9.98 Å². The molecular weight excluding hydrogens is 316 g/mol. The highest BCUT2D eigenvalue weighted by molar-refractivity contribution is 8.03. The van der Waals surface area contributed by atoms with Crippen LogP contribution in [0, 0.1) is 0 Å². The lowest BCUT2D eigenvalue weighted by Crippen LogP contribution is -2.09. The van der Waals surface area contributed by atoms with Crippen molar-refractivity contribution >= 4 is 28.9 Å². The maximum absolute atomic E-state index is 4.69. The molecular formula is C19H18N4S. The van der Waals surface area contributed by atoms with E-state index >= 15 is 0 Å². The largest absolute Gasteiger partial charge is 0.281 e. The highest BCUT2D eigenvalue weighted by Gasteiger charge is 2.14. The minimum Gasteiger partial charge on any atom is -0.281 e. The predicted octanol–water partition coefficient (Wildman–Crippen LogP) is 4.64. The molecule has 3 rings (SSSR count). The van der Waals surface area contributed by atoms with Crippen LogP contribution in [0.25, 0.3) is 0 Å². The number of hydrogen-bond acceptors (Lipinski definition) is 5. The molecule has 0 radical (unpaired) electrons. The quantitative estimate of drug-likeness (QED) is 0.604. The van der Waals surface area contributed by atoms with Crippen LogP contribution in [0.5, 0.6) is 0 Å². The highest BCUT2D eigenvalue weighted by Crippen LogP contribution is 2.27. The van der Waals surface area contributed by atoms with Crippen molar-refractivity contribution in [2.45, 2.75) is 25.0 Å². The summed E-state index contributed by atoms with van der Waals surface area (Å²) >= 11 is 1.50. The lowest BCUT2D eigenvalue weighted by atomic mass is 10.1. The van der Waals surface area contributed by atoms with E-state index in [0.29, 0.717) is 5.16 Å². The van der Waals surface area contributed by atoms with Gasteiger partial charge in [0.25, 0.3) is 0 Å². The third-order valence-corrected chi connectivity index (χ3v) is 4.04. The zero-order chi connectivity index (χ0) is 16.8. The van der Waals surface area contributed by atoms with Crippen molar-refractivity contribution in [1.29, 1.82) is 0 Å². The lowest BCUT2D eigenvalue weighted by Gasteiger charge is -2.12. The van der Waals surface area contributed by atoms with E-state index in [4.69, 9.17) is 0 Å². The topological polar surface area (TPSA) is 50.5 Å². The molecule has 0 spiro atoms. The minimum atomic E-state index is 0.220. The average molecular weight is 334 g/mol. The molecule has 1 heterocycles. The molecule has 24 heavy (non-hydrogen) atoms. The molecule has 0 fully saturated rings. The highest BCUT2D eigenvalue weighted by atomic mass is 32.2. The number of para-hydroxylation sites is 1. The summed E-state index contributed by atoms with van der Waals surface area (Å²) in [5.74, 6) is 0. The Labute approximate surface area is 146 Å². The summed E-state index contributed by atoms with van der Waals surface area (Å²) in [7, 11) is 0. The molecule has 0 bridgehead atoms. The standard InChI is InChI=1S/C19H18N4S/c1-14(2)22-17-10-9-16(23-15-7-4-3-5-8-15)13-18(17)24-19-20-11-6-12-21-19/h3-14H,1-2H3. The van der Waals surface area contributed by atoms with Gasteiger partial charge in [0.15, 0.2) is 5.16 Å². The Morgan fingerprint density at radius 1 is 0.958 bits per heavy atom. The van der Waals surface area contributed by atoms with Crippen LogP contribution in [-0.2, 0) is 0 Å². The van der Waals surface area contributed by atoms with Crippen molar-refractivity contribution in [3.05, 3.63) is 71.9 Å². The molecule has 1 aliphatic carbocycles. The zero-order valence-corrected chi connectivity index (χ0v) is 14.4. The van der Waals surface area contributed by atoms with E-state index in [-0.39, 0.29) is 6.04 Å². The molecule has 1 aliphatic rings. The summed E-state index contributed by atoms with van der Waals surface area (Å²) in [5, 5.41) is 0.703. The monoisotopic (exact) mass is 334 g/mol. The number of nitrogens with zero attached hydrogens (tertiary/aromatic N) is 4. The number of thioether (sulfide) groups is 1. The van der Waals surface area contributed by atoms with Gasteiger partial charge >= 0.3 is 0 Å². The van der Waals surface area contributed by atoms with E-state index in [1.165, 1.54) is 11.8 Å². The van der Waals surface area contributed by atoms with Crippen LogP contribution in [0.4, 0.5) is 5.69 Å². The Bertz CT molecular complexity index is 806. The summed E-state index contributed by atoms with van der Waals surface area (Å²) in [6, 6.07) is 11.9. The number of benzene rings is 1. The molecule has 1 aromatic heterocycles. The fraction of sp³-hybridized carbons (Fsp3) is 0.158. The van der Waals surface area contributed by atoms with Crippen LogP contribution >= 0.6 is 11.8 Å². The lowest BCUT2D eigenvalue weighted by molar-refractivity contribution is 0.838. The van der Waals surface area contributed by atoms with Gasteiger partial charge in [-0.2, -0.15) is 0 Å². The first kappa shape index (κ1) is 16.3. The maximum Gasteiger partial charge on any atom is 0.192 e. The van der Waals surface area contributed by atoms with Gasteiger partial charge in [0, 0.05) is 23.3 Å². The third-order valence-electron chi connectivity index (χ3n) is 3.10. The zero-order valence-electron chi connectivity index (χ0n) is 13.6. The second-order valence-corrected chi connectivity index (χ2v) is 6.46. The van der Waals surface area contributed by atoms with Crippen molar-refractivity contribution in [2.75, 3.05) is 0 Å². The number of rotatable bonds is 4. The van der Waals surface area contributed by atoms with Gasteiger partial charge in [-0.3, -0.25) is 4.99 Å². The average Bonchev–Trinajstić information content (AvgIpc) is 2.59. The van der Waals surface area contributed by atoms with Crippen molar-refractivity contribution in [3.63, 3.8) is 0 Å². The number of allylic oxidation sites excluding steroid dienone is 4. The van der Waals surface area contributed by atoms with Crippen LogP contribution in [-0.4, -0.2) is 27.4 Å². The smallest absolute Gasteiger partial charge is 0.192 e. The molecule has 0 aliphatic heterocycles. The van der Waals surface area contributed by atoms with Gasteiger partial charge in [-0.25, -0.2) is 15.0 Å². The van der Waals surface area contributed by atoms with E-state index in [1.54, 1.807) is 12.4 Å². The van der Waals surface area contributed by atoms with Crippen molar-refractivity contribution in [1.82, 2.24) is 9.97 Å². The van der Waals surface area contributed by atoms with Gasteiger partial charge in [-0.05, 0) is 62.0 Å². The van der Waals surface area contributed by atoms with Gasteiger partial charge in [-0.1, -0.05) is 18.2 Å². The van der Waals surface area contributed by atoms with Crippen LogP contribution in [0.1, 0.15) is 13.8 Å². The van der Waals surface area contributed by atoms with Gasteiger partial charge in [0.2, 0.25) is 0 Å². The molecule has 0 unspecified atom stereocenters. The molecule has 0 amide bonds. The fourth-order valence-electron chi connectivity index (χ4n) is 2.13. The molecule has 0 N–H and O–H groups in total. The summed E-state index contributed by atoms with van der Waals surface area (Å²) in [6.45, 7) is 4.13. The number of aromatic nitrogens is 2. The Kier molecular flexibility index (Phi) is 5.33. The first-order chi connectivity index (χ1) is 11.7. The summed E-state index contributed by atoms with van der Waals surface area (Å²) in [4.78, 5) is 18.9. The van der Waals surface area contributed by atoms with Gasteiger partial charge < -0.3 is 0 Å². The molecule has 4 nitrogen and oxygen atoms in total. The molecule has 0 atom stereocenters. The molecule has 120 valence electrons. The van der Waals surface area contributed by atoms with Crippen LogP contribution in [0.3, 0.4) is 0 Å². The SMILES string of the molecule is CC(C)N=C1C=CC(=Nc2ccccc2)C=C1Sc1ncccn1. The fourth-order valence-corrected chi connectivity index (χ4v) is 2.96.